The summed E-state index contributed by atoms with van der Waals surface area (Å²) < 4.78 is 5.72. The molecular formula is C19H29N3O3. The van der Waals surface area contributed by atoms with Gasteiger partial charge in [-0.05, 0) is 43.9 Å². The third-order valence-corrected chi connectivity index (χ3v) is 4.39. The average molecular weight is 347 g/mol. The van der Waals surface area contributed by atoms with Gasteiger partial charge in [0, 0.05) is 45.9 Å². The van der Waals surface area contributed by atoms with Crippen LogP contribution in [0.1, 0.15) is 42.1 Å². The predicted octanol–water partition coefficient (Wildman–Crippen LogP) is 2.49. The Kier molecular flexibility index (Phi) is 7.25. The number of ether oxygens (including phenoxy) is 1. The molecule has 25 heavy (non-hydrogen) atoms. The molecule has 6 nitrogen and oxygen atoms in total. The van der Waals surface area contributed by atoms with Crippen LogP contribution in [0.15, 0.2) is 24.3 Å². The molecule has 1 heterocycles. The number of carbonyl (C=O) groups excluding carboxylic acids is 2. The third kappa shape index (κ3) is 5.74. The molecule has 0 aliphatic carbocycles. The Hall–Kier alpha value is -2.08. The van der Waals surface area contributed by atoms with Crippen molar-refractivity contribution in [3.05, 3.63) is 35.4 Å². The number of nitrogens with zero attached hydrogens (tertiary/aromatic N) is 2. The molecule has 0 bridgehead atoms. The Morgan fingerprint density at radius 3 is 2.72 bits per heavy atom. The zero-order chi connectivity index (χ0) is 18.2. The molecule has 1 aromatic carbocycles. The Balaban J connectivity index is 1.89. The second-order valence-electron chi connectivity index (χ2n) is 6.59. The molecule has 6 heteroatoms. The van der Waals surface area contributed by atoms with Crippen LogP contribution in [0.4, 0.5) is 4.79 Å². The maximum atomic E-state index is 12.4. The van der Waals surface area contributed by atoms with Gasteiger partial charge in [-0.3, -0.25) is 4.79 Å². The highest BCUT2D eigenvalue weighted by molar-refractivity contribution is 5.94. The van der Waals surface area contributed by atoms with Gasteiger partial charge in [0.15, 0.2) is 0 Å². The number of likely N-dealkylation sites (N-methyl/N-ethyl adjacent to an activating group) is 1. The van der Waals surface area contributed by atoms with E-state index in [2.05, 4.69) is 5.32 Å². The van der Waals surface area contributed by atoms with Crippen molar-refractivity contribution in [2.75, 3.05) is 33.8 Å². The molecule has 0 spiro atoms. The highest BCUT2D eigenvalue weighted by atomic mass is 16.5. The van der Waals surface area contributed by atoms with Crippen molar-refractivity contribution < 1.29 is 14.3 Å². The topological polar surface area (TPSA) is 61.9 Å². The summed E-state index contributed by atoms with van der Waals surface area (Å²) in [7, 11) is 3.45. The van der Waals surface area contributed by atoms with Crippen LogP contribution in [0.25, 0.3) is 0 Å². The minimum atomic E-state index is -0.0963. The number of benzene rings is 1. The molecule has 2 rings (SSSR count). The fraction of sp³-hybridized carbons (Fsp3) is 0.579. The monoisotopic (exact) mass is 347 g/mol. The van der Waals surface area contributed by atoms with Crippen LogP contribution in [0.3, 0.4) is 0 Å². The van der Waals surface area contributed by atoms with Crippen molar-refractivity contribution in [2.24, 2.45) is 0 Å². The number of urea groups is 1. The molecule has 1 aliphatic rings. The van der Waals surface area contributed by atoms with Crippen molar-refractivity contribution in [3.8, 4) is 0 Å². The Morgan fingerprint density at radius 2 is 2.08 bits per heavy atom. The Labute approximate surface area is 150 Å². The number of hydrogen-bond donors (Lipinski definition) is 1. The minimum Gasteiger partial charge on any atom is -0.376 e. The molecule has 1 fully saturated rings. The van der Waals surface area contributed by atoms with Gasteiger partial charge in [0.2, 0.25) is 0 Å². The number of nitrogens with one attached hydrogen (secondary N) is 1. The zero-order valence-electron chi connectivity index (χ0n) is 15.5. The van der Waals surface area contributed by atoms with Crippen LogP contribution in [0.2, 0.25) is 0 Å². The maximum Gasteiger partial charge on any atom is 0.317 e. The molecule has 1 aliphatic heterocycles. The van der Waals surface area contributed by atoms with Crippen LogP contribution >= 0.6 is 0 Å². The Bertz CT molecular complexity index is 583. The van der Waals surface area contributed by atoms with Crippen LogP contribution < -0.4 is 5.32 Å². The summed E-state index contributed by atoms with van der Waals surface area (Å²) in [6.07, 6.45) is 3.42. The summed E-state index contributed by atoms with van der Waals surface area (Å²) in [5.41, 5.74) is 1.53. The van der Waals surface area contributed by atoms with E-state index >= 15 is 0 Å². The molecule has 138 valence electrons. The van der Waals surface area contributed by atoms with Gasteiger partial charge < -0.3 is 19.9 Å². The summed E-state index contributed by atoms with van der Waals surface area (Å²) in [6, 6.07) is 7.26. The quantitative estimate of drug-likeness (QED) is 0.860. The molecular weight excluding hydrogens is 318 g/mol. The SMILES string of the molecule is CCN(C[C@H]1CCCCO1)C(=O)NCc1cccc(C(=O)N(C)C)c1. The lowest BCUT2D eigenvalue weighted by atomic mass is 10.1. The van der Waals surface area contributed by atoms with E-state index in [4.69, 9.17) is 4.74 Å². The standard InChI is InChI=1S/C19H29N3O3/c1-4-22(14-17-10-5-6-11-25-17)19(24)20-13-15-8-7-9-16(12-15)18(23)21(2)3/h7-9,12,17H,4-6,10-11,13-14H2,1-3H3,(H,20,24)/t17-/m1/s1. The van der Waals surface area contributed by atoms with Crippen molar-refractivity contribution in [3.63, 3.8) is 0 Å². The van der Waals surface area contributed by atoms with Gasteiger partial charge in [-0.15, -0.1) is 0 Å². The highest BCUT2D eigenvalue weighted by Crippen LogP contribution is 2.14. The minimum absolute atomic E-state index is 0.0437. The zero-order valence-corrected chi connectivity index (χ0v) is 15.5. The number of hydrogen-bond acceptors (Lipinski definition) is 3. The fourth-order valence-corrected chi connectivity index (χ4v) is 2.91. The summed E-state index contributed by atoms with van der Waals surface area (Å²) in [6.45, 7) is 4.43. The summed E-state index contributed by atoms with van der Waals surface area (Å²) in [4.78, 5) is 27.8. The molecule has 1 N–H and O–H groups in total. The fourth-order valence-electron chi connectivity index (χ4n) is 2.91. The number of rotatable bonds is 6. The molecule has 0 radical (unpaired) electrons. The van der Waals surface area contributed by atoms with Crippen LogP contribution in [0, 0.1) is 0 Å². The lowest BCUT2D eigenvalue weighted by Crippen LogP contribution is -2.44. The van der Waals surface area contributed by atoms with Crippen molar-refractivity contribution in [2.45, 2.75) is 38.8 Å². The normalized spacial score (nSPS) is 17.0. The van der Waals surface area contributed by atoms with Gasteiger partial charge in [-0.2, -0.15) is 0 Å². The van der Waals surface area contributed by atoms with Gasteiger partial charge in [0.05, 0.1) is 6.10 Å². The van der Waals surface area contributed by atoms with E-state index in [-0.39, 0.29) is 18.0 Å². The first kappa shape index (κ1) is 19.2. The Morgan fingerprint density at radius 1 is 1.28 bits per heavy atom. The van der Waals surface area contributed by atoms with E-state index in [1.165, 1.54) is 0 Å². The van der Waals surface area contributed by atoms with E-state index in [0.29, 0.717) is 25.2 Å². The van der Waals surface area contributed by atoms with E-state index in [9.17, 15) is 9.59 Å². The third-order valence-electron chi connectivity index (χ3n) is 4.39. The highest BCUT2D eigenvalue weighted by Gasteiger charge is 2.20. The van der Waals surface area contributed by atoms with E-state index in [1.54, 1.807) is 30.0 Å². The van der Waals surface area contributed by atoms with Gasteiger partial charge in [0.25, 0.3) is 5.91 Å². The molecule has 0 unspecified atom stereocenters. The van der Waals surface area contributed by atoms with Gasteiger partial charge in [-0.25, -0.2) is 4.79 Å². The number of carbonyl (C=O) groups is 2. The summed E-state index contributed by atoms with van der Waals surface area (Å²) in [5, 5.41) is 2.94. The first-order chi connectivity index (χ1) is 12.0. The lowest BCUT2D eigenvalue weighted by Gasteiger charge is -2.29. The number of amides is 3. The van der Waals surface area contributed by atoms with Crippen LogP contribution in [0.5, 0.6) is 0 Å². The van der Waals surface area contributed by atoms with Gasteiger partial charge in [-0.1, -0.05) is 12.1 Å². The van der Waals surface area contributed by atoms with Crippen LogP contribution in [-0.2, 0) is 11.3 Å². The van der Waals surface area contributed by atoms with Crippen molar-refractivity contribution in [1.82, 2.24) is 15.1 Å². The summed E-state index contributed by atoms with van der Waals surface area (Å²) in [5.74, 6) is -0.0437. The first-order valence-corrected chi connectivity index (χ1v) is 8.96. The molecule has 1 saturated heterocycles. The van der Waals surface area contributed by atoms with E-state index in [0.717, 1.165) is 31.4 Å². The molecule has 0 aromatic heterocycles. The van der Waals surface area contributed by atoms with E-state index in [1.807, 2.05) is 25.1 Å². The van der Waals surface area contributed by atoms with Gasteiger partial charge >= 0.3 is 6.03 Å². The van der Waals surface area contributed by atoms with Crippen LogP contribution in [-0.4, -0.2) is 61.6 Å². The first-order valence-electron chi connectivity index (χ1n) is 8.96. The average Bonchev–Trinajstić information content (AvgIpc) is 2.64. The maximum absolute atomic E-state index is 12.4. The second-order valence-corrected chi connectivity index (χ2v) is 6.59. The summed E-state index contributed by atoms with van der Waals surface area (Å²) >= 11 is 0. The molecule has 0 saturated carbocycles. The van der Waals surface area contributed by atoms with Crippen molar-refractivity contribution >= 4 is 11.9 Å². The predicted molar refractivity (Wildman–Crippen MR) is 97.5 cm³/mol. The van der Waals surface area contributed by atoms with E-state index < -0.39 is 0 Å². The lowest BCUT2D eigenvalue weighted by molar-refractivity contribution is 0.00132. The largest absolute Gasteiger partial charge is 0.376 e. The van der Waals surface area contributed by atoms with Gasteiger partial charge in [0.1, 0.15) is 0 Å². The second kappa shape index (κ2) is 9.42. The molecule has 3 amide bonds. The molecule has 1 aromatic rings. The molecule has 1 atom stereocenters. The van der Waals surface area contributed by atoms with Crippen molar-refractivity contribution in [1.29, 1.82) is 0 Å². The smallest absolute Gasteiger partial charge is 0.317 e.